The van der Waals surface area contributed by atoms with Gasteiger partial charge in [-0.25, -0.2) is 5.43 Å². The lowest BCUT2D eigenvalue weighted by atomic mass is 10.1. The first kappa shape index (κ1) is 18.3. The summed E-state index contributed by atoms with van der Waals surface area (Å²) in [5.41, 5.74) is 3.24. The number of benzene rings is 2. The summed E-state index contributed by atoms with van der Waals surface area (Å²) in [6, 6.07) is 10.5. The van der Waals surface area contributed by atoms with Gasteiger partial charge in [-0.1, -0.05) is 23.7 Å². The van der Waals surface area contributed by atoms with E-state index in [0.29, 0.717) is 11.3 Å². The van der Waals surface area contributed by atoms with Crippen LogP contribution in [0.1, 0.15) is 22.8 Å². The van der Waals surface area contributed by atoms with E-state index in [4.69, 9.17) is 11.6 Å². The van der Waals surface area contributed by atoms with Gasteiger partial charge in [-0.2, -0.15) is 5.10 Å². The number of halogens is 1. The molecule has 0 radical (unpaired) electrons. The molecule has 0 bridgehead atoms. The molecule has 2 amide bonds. The third kappa shape index (κ3) is 4.95. The zero-order valence-electron chi connectivity index (χ0n) is 13.3. The van der Waals surface area contributed by atoms with E-state index in [2.05, 4.69) is 15.8 Å². The average Bonchev–Trinajstić information content (AvgIpc) is 2.58. The molecule has 0 fully saturated rings. The van der Waals surface area contributed by atoms with Gasteiger partial charge in [-0.05, 0) is 31.2 Å². The number of hydrogen-bond acceptors (Lipinski definition) is 5. The largest absolute Gasteiger partial charge is 0.508 e. The van der Waals surface area contributed by atoms with E-state index in [1.807, 2.05) is 0 Å². The first-order valence-electron chi connectivity index (χ1n) is 7.26. The maximum atomic E-state index is 11.9. The van der Waals surface area contributed by atoms with Crippen molar-refractivity contribution >= 4 is 29.1 Å². The maximum Gasteiger partial charge on any atom is 0.259 e. The second kappa shape index (κ2) is 8.16. The summed E-state index contributed by atoms with van der Waals surface area (Å²) in [6.45, 7) is 1.29. The molecule has 0 saturated heterocycles. The van der Waals surface area contributed by atoms with Crippen molar-refractivity contribution in [3.8, 4) is 11.5 Å². The first-order chi connectivity index (χ1) is 11.9. The summed E-state index contributed by atoms with van der Waals surface area (Å²) in [5, 5.41) is 25.6. The normalized spacial score (nSPS) is 11.0. The molecule has 130 valence electrons. The van der Waals surface area contributed by atoms with Crippen LogP contribution in [0.5, 0.6) is 11.5 Å². The fourth-order valence-corrected chi connectivity index (χ4v) is 2.19. The molecule has 8 heteroatoms. The second-order valence-electron chi connectivity index (χ2n) is 5.10. The number of carbonyl (C=O) groups is 2. The predicted octanol–water partition coefficient (Wildman–Crippen LogP) is 2.02. The lowest BCUT2D eigenvalue weighted by Crippen LogP contribution is -2.35. The molecular weight excluding hydrogens is 346 g/mol. The lowest BCUT2D eigenvalue weighted by molar-refractivity contribution is -0.120. The first-order valence-corrected chi connectivity index (χ1v) is 7.64. The van der Waals surface area contributed by atoms with Crippen LogP contribution in [-0.2, 0) is 4.79 Å². The number of aromatic hydroxyl groups is 2. The summed E-state index contributed by atoms with van der Waals surface area (Å²) in [5.74, 6) is -1.27. The fourth-order valence-electron chi connectivity index (χ4n) is 1.97. The molecule has 0 atom stereocenters. The molecule has 0 unspecified atom stereocenters. The Hall–Kier alpha value is -3.06. The molecule has 2 aromatic rings. The van der Waals surface area contributed by atoms with Gasteiger partial charge in [0.2, 0.25) is 0 Å². The number of phenols is 2. The molecule has 0 aliphatic rings. The van der Waals surface area contributed by atoms with Crippen molar-refractivity contribution in [1.82, 2.24) is 10.7 Å². The molecule has 0 aromatic heterocycles. The smallest absolute Gasteiger partial charge is 0.259 e. The lowest BCUT2D eigenvalue weighted by Gasteiger charge is -2.07. The molecule has 0 aliphatic heterocycles. The minimum absolute atomic E-state index is 0.0830. The highest BCUT2D eigenvalue weighted by Gasteiger charge is 2.11. The number of hydrazone groups is 1. The molecule has 7 nitrogen and oxygen atoms in total. The van der Waals surface area contributed by atoms with Crippen molar-refractivity contribution in [1.29, 1.82) is 0 Å². The number of nitrogens with zero attached hydrogens (tertiary/aromatic N) is 1. The van der Waals surface area contributed by atoms with Gasteiger partial charge in [0, 0.05) is 11.6 Å². The number of hydrogen-bond donors (Lipinski definition) is 4. The standard InChI is InChI=1S/C17H16ClN3O4/c1-10(12-7-6-11(22)8-15(12)23)20-21-16(24)9-19-17(25)13-4-2-3-5-14(13)18/h2-8,22-23H,9H2,1H3,(H,19,25)(H,21,24)/b20-10-. The van der Waals surface area contributed by atoms with Gasteiger partial charge < -0.3 is 15.5 Å². The third-order valence-corrected chi connectivity index (χ3v) is 3.58. The van der Waals surface area contributed by atoms with Crippen molar-refractivity contribution in [3.63, 3.8) is 0 Å². The quantitative estimate of drug-likeness (QED) is 0.482. The zero-order valence-corrected chi connectivity index (χ0v) is 14.0. The van der Waals surface area contributed by atoms with Gasteiger partial charge in [-0.3, -0.25) is 9.59 Å². The van der Waals surface area contributed by atoms with Gasteiger partial charge >= 0.3 is 0 Å². The number of phenolic OH excluding ortho intramolecular Hbond substituents is 2. The molecular formula is C17H16ClN3O4. The van der Waals surface area contributed by atoms with Crippen LogP contribution >= 0.6 is 11.6 Å². The van der Waals surface area contributed by atoms with Gasteiger partial charge in [-0.15, -0.1) is 0 Å². The van der Waals surface area contributed by atoms with Crippen LogP contribution in [0, 0.1) is 0 Å². The Morgan fingerprint density at radius 2 is 1.84 bits per heavy atom. The summed E-state index contributed by atoms with van der Waals surface area (Å²) >= 11 is 5.91. The highest BCUT2D eigenvalue weighted by Crippen LogP contribution is 2.22. The zero-order chi connectivity index (χ0) is 18.4. The Morgan fingerprint density at radius 1 is 1.12 bits per heavy atom. The highest BCUT2D eigenvalue weighted by molar-refractivity contribution is 6.33. The molecule has 2 aromatic carbocycles. The Kier molecular flexibility index (Phi) is 5.97. The molecule has 0 saturated carbocycles. The molecule has 0 heterocycles. The molecule has 4 N–H and O–H groups in total. The Morgan fingerprint density at radius 3 is 2.52 bits per heavy atom. The van der Waals surface area contributed by atoms with E-state index < -0.39 is 11.8 Å². The predicted molar refractivity (Wildman–Crippen MR) is 93.9 cm³/mol. The Labute approximate surface area is 148 Å². The van der Waals surface area contributed by atoms with Crippen LogP contribution in [0.3, 0.4) is 0 Å². The number of rotatable bonds is 5. The summed E-state index contributed by atoms with van der Waals surface area (Å²) < 4.78 is 0. The number of carbonyl (C=O) groups excluding carboxylic acids is 2. The SMILES string of the molecule is C/C(=N/NC(=O)CNC(=O)c1ccccc1Cl)c1ccc(O)cc1O. The van der Waals surface area contributed by atoms with E-state index in [-0.39, 0.29) is 28.6 Å². The Bertz CT molecular complexity index is 836. The minimum atomic E-state index is -0.543. The van der Waals surface area contributed by atoms with Crippen LogP contribution in [0.25, 0.3) is 0 Å². The molecule has 0 aliphatic carbocycles. The highest BCUT2D eigenvalue weighted by atomic mass is 35.5. The summed E-state index contributed by atoms with van der Waals surface area (Å²) in [7, 11) is 0. The molecule has 2 rings (SSSR count). The molecule has 0 spiro atoms. The minimum Gasteiger partial charge on any atom is -0.508 e. The van der Waals surface area contributed by atoms with Gasteiger partial charge in [0.25, 0.3) is 11.8 Å². The van der Waals surface area contributed by atoms with Crippen molar-refractivity contribution in [2.75, 3.05) is 6.54 Å². The second-order valence-corrected chi connectivity index (χ2v) is 5.50. The van der Waals surface area contributed by atoms with Crippen LogP contribution in [-0.4, -0.2) is 34.3 Å². The van der Waals surface area contributed by atoms with Gasteiger partial charge in [0.05, 0.1) is 22.8 Å². The summed E-state index contributed by atoms with van der Waals surface area (Å²) in [6.07, 6.45) is 0. The van der Waals surface area contributed by atoms with E-state index in [9.17, 15) is 19.8 Å². The van der Waals surface area contributed by atoms with Crippen LogP contribution < -0.4 is 10.7 Å². The average molecular weight is 362 g/mol. The topological polar surface area (TPSA) is 111 Å². The van der Waals surface area contributed by atoms with E-state index in [0.717, 1.165) is 0 Å². The van der Waals surface area contributed by atoms with Crippen LogP contribution in [0.2, 0.25) is 5.02 Å². The van der Waals surface area contributed by atoms with Crippen LogP contribution in [0.4, 0.5) is 0 Å². The van der Waals surface area contributed by atoms with Crippen molar-refractivity contribution in [2.45, 2.75) is 6.92 Å². The van der Waals surface area contributed by atoms with Crippen LogP contribution in [0.15, 0.2) is 47.6 Å². The fraction of sp³-hybridized carbons (Fsp3) is 0.118. The van der Waals surface area contributed by atoms with Gasteiger partial charge in [0.15, 0.2) is 0 Å². The van der Waals surface area contributed by atoms with Crippen molar-refractivity contribution in [3.05, 3.63) is 58.6 Å². The number of amides is 2. The van der Waals surface area contributed by atoms with Crippen molar-refractivity contribution < 1.29 is 19.8 Å². The van der Waals surface area contributed by atoms with E-state index in [1.165, 1.54) is 18.2 Å². The molecule has 25 heavy (non-hydrogen) atoms. The summed E-state index contributed by atoms with van der Waals surface area (Å²) in [4.78, 5) is 23.7. The monoisotopic (exact) mass is 361 g/mol. The van der Waals surface area contributed by atoms with Crippen molar-refractivity contribution in [2.24, 2.45) is 5.10 Å². The van der Waals surface area contributed by atoms with E-state index in [1.54, 1.807) is 31.2 Å². The Balaban J connectivity index is 1.92. The van der Waals surface area contributed by atoms with E-state index >= 15 is 0 Å². The maximum absolute atomic E-state index is 11.9. The number of nitrogens with one attached hydrogen (secondary N) is 2. The third-order valence-electron chi connectivity index (χ3n) is 3.25. The van der Waals surface area contributed by atoms with Gasteiger partial charge in [0.1, 0.15) is 11.5 Å².